The van der Waals surface area contributed by atoms with E-state index in [9.17, 15) is 9.59 Å². The number of anilines is 1. The number of nitrogens with zero attached hydrogens (tertiary/aromatic N) is 1. The van der Waals surface area contributed by atoms with Crippen molar-refractivity contribution in [3.05, 3.63) is 29.8 Å². The lowest BCUT2D eigenvalue weighted by Gasteiger charge is -2.43. The largest absolute Gasteiger partial charge is 0.466 e. The van der Waals surface area contributed by atoms with E-state index < -0.39 is 0 Å². The van der Waals surface area contributed by atoms with Gasteiger partial charge in [0, 0.05) is 18.2 Å². The van der Waals surface area contributed by atoms with Crippen LogP contribution in [0.5, 0.6) is 0 Å². The quantitative estimate of drug-likeness (QED) is 0.783. The van der Waals surface area contributed by atoms with Gasteiger partial charge < -0.3 is 15.0 Å². The fourth-order valence-corrected chi connectivity index (χ4v) is 5.49. The van der Waals surface area contributed by atoms with Crippen molar-refractivity contribution in [2.75, 3.05) is 25.0 Å². The van der Waals surface area contributed by atoms with Crippen molar-refractivity contribution in [2.24, 2.45) is 5.92 Å². The zero-order chi connectivity index (χ0) is 19.6. The van der Waals surface area contributed by atoms with Crippen molar-refractivity contribution < 1.29 is 14.3 Å². The molecule has 1 spiro atoms. The highest BCUT2D eigenvalue weighted by Crippen LogP contribution is 2.48. The summed E-state index contributed by atoms with van der Waals surface area (Å²) in [5.41, 5.74) is 1.91. The molecule has 0 radical (unpaired) electrons. The van der Waals surface area contributed by atoms with E-state index >= 15 is 0 Å². The Morgan fingerprint density at radius 1 is 1.18 bits per heavy atom. The van der Waals surface area contributed by atoms with Gasteiger partial charge in [0.1, 0.15) is 0 Å². The summed E-state index contributed by atoms with van der Waals surface area (Å²) in [6.45, 7) is 4.57. The lowest BCUT2D eigenvalue weighted by molar-refractivity contribution is -0.143. The second-order valence-corrected chi connectivity index (χ2v) is 8.64. The van der Waals surface area contributed by atoms with Crippen molar-refractivity contribution in [2.45, 2.75) is 69.7 Å². The van der Waals surface area contributed by atoms with Crippen LogP contribution in [0.3, 0.4) is 0 Å². The Morgan fingerprint density at radius 2 is 1.89 bits per heavy atom. The molecule has 2 aliphatic heterocycles. The molecule has 1 aromatic carbocycles. The van der Waals surface area contributed by atoms with E-state index in [0.29, 0.717) is 25.0 Å². The lowest BCUT2D eigenvalue weighted by Crippen LogP contribution is -2.47. The van der Waals surface area contributed by atoms with E-state index in [1.807, 2.05) is 25.1 Å². The molecule has 2 heterocycles. The number of fused-ring (bicyclic) bond motifs is 2. The van der Waals surface area contributed by atoms with Crippen LogP contribution < -0.4 is 5.32 Å². The number of carbonyl (C=O) groups is 2. The maximum Gasteiger partial charge on any atom is 0.305 e. The molecule has 1 N–H and O–H groups in total. The summed E-state index contributed by atoms with van der Waals surface area (Å²) in [5.74, 6) is 0.783. The van der Waals surface area contributed by atoms with Crippen LogP contribution in [0.4, 0.5) is 5.69 Å². The van der Waals surface area contributed by atoms with E-state index in [1.165, 1.54) is 18.4 Å². The smallest absolute Gasteiger partial charge is 0.305 e. The van der Waals surface area contributed by atoms with Gasteiger partial charge in [0.05, 0.1) is 12.0 Å². The summed E-state index contributed by atoms with van der Waals surface area (Å²) in [7, 11) is 0. The highest BCUT2D eigenvalue weighted by atomic mass is 16.5. The number of ether oxygens (including phenoxy) is 1. The van der Waals surface area contributed by atoms with E-state index in [-0.39, 0.29) is 17.3 Å². The van der Waals surface area contributed by atoms with Crippen molar-refractivity contribution in [3.63, 3.8) is 0 Å². The molecular weight excluding hydrogens is 352 g/mol. The number of benzene rings is 1. The molecule has 1 amide bonds. The van der Waals surface area contributed by atoms with E-state index in [2.05, 4.69) is 16.3 Å². The Bertz CT molecular complexity index is 716. The Morgan fingerprint density at radius 3 is 2.61 bits per heavy atom. The van der Waals surface area contributed by atoms with Gasteiger partial charge in [-0.05, 0) is 82.5 Å². The van der Waals surface area contributed by atoms with Crippen LogP contribution in [-0.2, 0) is 19.7 Å². The summed E-state index contributed by atoms with van der Waals surface area (Å²) in [6, 6.07) is 8.79. The van der Waals surface area contributed by atoms with Crippen molar-refractivity contribution in [1.82, 2.24) is 4.90 Å². The predicted molar refractivity (Wildman–Crippen MR) is 109 cm³/mol. The molecule has 1 aromatic rings. The highest BCUT2D eigenvalue weighted by molar-refractivity contribution is 6.06. The number of esters is 1. The van der Waals surface area contributed by atoms with Gasteiger partial charge >= 0.3 is 5.97 Å². The maximum atomic E-state index is 12.7. The maximum absolute atomic E-state index is 12.7. The first-order valence-electron chi connectivity index (χ1n) is 10.9. The average Bonchev–Trinajstić information content (AvgIpc) is 2.99. The average molecular weight is 385 g/mol. The highest BCUT2D eigenvalue weighted by Gasteiger charge is 2.49. The van der Waals surface area contributed by atoms with Gasteiger partial charge in [0.2, 0.25) is 5.91 Å². The number of amides is 1. The van der Waals surface area contributed by atoms with Gasteiger partial charge in [0.25, 0.3) is 0 Å². The first-order chi connectivity index (χ1) is 13.6. The molecule has 0 aromatic heterocycles. The molecule has 5 nitrogen and oxygen atoms in total. The minimum Gasteiger partial charge on any atom is -0.466 e. The van der Waals surface area contributed by atoms with E-state index in [1.54, 1.807) is 0 Å². The summed E-state index contributed by atoms with van der Waals surface area (Å²) < 4.78 is 5.05. The first-order valence-corrected chi connectivity index (χ1v) is 10.9. The fourth-order valence-electron chi connectivity index (χ4n) is 5.49. The molecular formula is C23H32N2O3. The van der Waals surface area contributed by atoms with Crippen molar-refractivity contribution in [1.29, 1.82) is 0 Å². The molecule has 0 unspecified atom stereocenters. The van der Waals surface area contributed by atoms with Crippen LogP contribution in [-0.4, -0.2) is 42.5 Å². The summed E-state index contributed by atoms with van der Waals surface area (Å²) in [6.07, 6.45) is 7.93. The van der Waals surface area contributed by atoms with Crippen LogP contribution in [0.25, 0.3) is 0 Å². The topological polar surface area (TPSA) is 58.6 Å². The normalized spacial score (nSPS) is 28.2. The third kappa shape index (κ3) is 3.69. The molecule has 28 heavy (non-hydrogen) atoms. The molecule has 4 rings (SSSR count). The van der Waals surface area contributed by atoms with Crippen LogP contribution >= 0.6 is 0 Å². The zero-order valence-electron chi connectivity index (χ0n) is 16.9. The molecule has 0 atom stereocenters. The number of para-hydroxylation sites is 1. The Kier molecular flexibility index (Phi) is 5.72. The third-order valence-corrected chi connectivity index (χ3v) is 7.16. The number of likely N-dealkylation sites (tertiary alicyclic amines) is 1. The molecule has 152 valence electrons. The number of rotatable bonds is 5. The molecule has 3 aliphatic rings. The molecule has 1 saturated carbocycles. The van der Waals surface area contributed by atoms with Crippen LogP contribution in [0.15, 0.2) is 24.3 Å². The van der Waals surface area contributed by atoms with Gasteiger partial charge in [-0.2, -0.15) is 0 Å². The summed E-state index contributed by atoms with van der Waals surface area (Å²) >= 11 is 0. The Balaban J connectivity index is 1.28. The predicted octanol–water partition coefficient (Wildman–Crippen LogP) is 3.87. The lowest BCUT2D eigenvalue weighted by atomic mass is 9.68. The first kappa shape index (κ1) is 19.4. The molecule has 5 heteroatoms. The number of piperidine rings is 1. The Labute approximate surface area is 167 Å². The third-order valence-electron chi connectivity index (χ3n) is 7.16. The van der Waals surface area contributed by atoms with Gasteiger partial charge in [-0.25, -0.2) is 0 Å². The van der Waals surface area contributed by atoms with Crippen LogP contribution in [0.2, 0.25) is 0 Å². The molecule has 2 fully saturated rings. The molecule has 1 saturated heterocycles. The van der Waals surface area contributed by atoms with Crippen molar-refractivity contribution in [3.8, 4) is 0 Å². The SMILES string of the molecule is CCOC(=O)CCC1CCN(C2CCC3(CC2)C(=O)Nc2ccccc23)CC1. The monoisotopic (exact) mass is 384 g/mol. The minimum atomic E-state index is -0.301. The second kappa shape index (κ2) is 8.24. The number of nitrogens with one attached hydrogen (secondary N) is 1. The minimum absolute atomic E-state index is 0.0578. The number of hydrogen-bond donors (Lipinski definition) is 1. The Hall–Kier alpha value is -1.88. The van der Waals surface area contributed by atoms with Gasteiger partial charge in [0.15, 0.2) is 0 Å². The summed E-state index contributed by atoms with van der Waals surface area (Å²) in [5, 5.41) is 3.10. The molecule has 1 aliphatic carbocycles. The summed E-state index contributed by atoms with van der Waals surface area (Å²) in [4.78, 5) is 26.9. The van der Waals surface area contributed by atoms with Gasteiger partial charge in [-0.3, -0.25) is 9.59 Å². The van der Waals surface area contributed by atoms with Gasteiger partial charge in [-0.1, -0.05) is 18.2 Å². The van der Waals surface area contributed by atoms with Gasteiger partial charge in [-0.15, -0.1) is 0 Å². The van der Waals surface area contributed by atoms with Crippen molar-refractivity contribution >= 4 is 17.6 Å². The fraction of sp³-hybridized carbons (Fsp3) is 0.652. The van der Waals surface area contributed by atoms with Crippen LogP contribution in [0.1, 0.15) is 63.9 Å². The number of hydrogen-bond acceptors (Lipinski definition) is 4. The van der Waals surface area contributed by atoms with E-state index in [0.717, 1.165) is 50.9 Å². The zero-order valence-corrected chi connectivity index (χ0v) is 16.9. The molecule has 0 bridgehead atoms. The van der Waals surface area contributed by atoms with Crippen LogP contribution in [0, 0.1) is 5.92 Å². The standard InChI is InChI=1S/C23H32N2O3/c1-2-28-21(26)8-7-17-11-15-25(16-12-17)18-9-13-23(14-10-18)19-5-3-4-6-20(19)24-22(23)27/h3-6,17-18H,2,7-16H2,1H3,(H,24,27). The number of carbonyl (C=O) groups excluding carboxylic acids is 2. The second-order valence-electron chi connectivity index (χ2n) is 8.64. The van der Waals surface area contributed by atoms with E-state index in [4.69, 9.17) is 4.74 Å².